The lowest BCUT2D eigenvalue weighted by Gasteiger charge is -2.40. The highest BCUT2D eigenvalue weighted by atomic mass is 19.4. The van der Waals surface area contributed by atoms with Crippen molar-refractivity contribution < 1.29 is 45.7 Å². The summed E-state index contributed by atoms with van der Waals surface area (Å²) in [4.78, 5) is 11.7. The minimum Gasteiger partial charge on any atom is -0.423 e. The maximum Gasteiger partial charge on any atom is 0.428 e. The molecule has 0 heterocycles. The zero-order chi connectivity index (χ0) is 24.7. The van der Waals surface area contributed by atoms with Crippen LogP contribution in [0, 0.1) is 0 Å². The Kier molecular flexibility index (Phi) is 6.74. The van der Waals surface area contributed by atoms with Crippen LogP contribution in [0.5, 0.6) is 5.75 Å². The molecule has 0 radical (unpaired) electrons. The van der Waals surface area contributed by atoms with Crippen molar-refractivity contribution in [3.05, 3.63) is 54.1 Å². The molecule has 2 aromatic rings. The van der Waals surface area contributed by atoms with Crippen LogP contribution in [-0.2, 0) is 15.1 Å². The Labute approximate surface area is 180 Å². The van der Waals surface area contributed by atoms with E-state index in [4.69, 9.17) is 9.47 Å². The number of alkyl halides is 6. The third kappa shape index (κ3) is 4.75. The smallest absolute Gasteiger partial charge is 0.423 e. The fourth-order valence-corrected chi connectivity index (χ4v) is 3.26. The molecule has 10 heteroatoms. The summed E-state index contributed by atoms with van der Waals surface area (Å²) in [6.45, 7) is 8.04. The number of fused-ring (bicyclic) bond motifs is 1. The zero-order valence-electron chi connectivity index (χ0n) is 17.7. The Balaban J connectivity index is 2.46. The topological polar surface area (TPSA) is 55.8 Å². The molecule has 0 aliphatic carbocycles. The van der Waals surface area contributed by atoms with Gasteiger partial charge in [-0.1, -0.05) is 30.8 Å². The molecule has 0 saturated carbocycles. The number of ether oxygens (including phenoxy) is 2. The van der Waals surface area contributed by atoms with Crippen LogP contribution in [0.4, 0.5) is 26.3 Å². The van der Waals surface area contributed by atoms with Crippen molar-refractivity contribution in [1.29, 1.82) is 0 Å². The summed E-state index contributed by atoms with van der Waals surface area (Å²) in [6.07, 6.45) is -14.7. The van der Waals surface area contributed by atoms with Gasteiger partial charge in [0.05, 0.1) is 5.60 Å². The molecular formula is C22H22F6O4. The summed E-state index contributed by atoms with van der Waals surface area (Å²) in [5, 5.41) is 10.6. The number of rotatable bonds is 6. The summed E-state index contributed by atoms with van der Waals surface area (Å²) in [6, 6.07) is 9.04. The first-order valence-electron chi connectivity index (χ1n) is 9.36. The van der Waals surface area contributed by atoms with Crippen LogP contribution in [0.2, 0.25) is 0 Å². The lowest BCUT2D eigenvalue weighted by Crippen LogP contribution is -2.64. The van der Waals surface area contributed by atoms with Gasteiger partial charge in [0.15, 0.2) is 0 Å². The van der Waals surface area contributed by atoms with Crippen LogP contribution in [-0.4, -0.2) is 35.1 Å². The lowest BCUT2D eigenvalue weighted by molar-refractivity contribution is -0.398. The Morgan fingerprint density at radius 3 is 2.09 bits per heavy atom. The van der Waals surface area contributed by atoms with E-state index < -0.39 is 35.6 Å². The summed E-state index contributed by atoms with van der Waals surface area (Å²) in [7, 11) is 0. The summed E-state index contributed by atoms with van der Waals surface area (Å²) in [5.74, 6) is -0.477. The highest BCUT2D eigenvalue weighted by Crippen LogP contribution is 2.48. The van der Waals surface area contributed by atoms with E-state index in [9.17, 15) is 36.2 Å². The normalized spacial score (nSPS) is 14.3. The predicted molar refractivity (Wildman–Crippen MR) is 105 cm³/mol. The van der Waals surface area contributed by atoms with E-state index >= 15 is 0 Å². The Morgan fingerprint density at radius 1 is 1.03 bits per heavy atom. The number of halogens is 6. The molecular weight excluding hydrogens is 442 g/mol. The fraction of sp³-hybridized carbons (Fsp3) is 0.409. The molecule has 4 nitrogen and oxygen atoms in total. The second-order valence-corrected chi connectivity index (χ2v) is 7.89. The average molecular weight is 464 g/mol. The van der Waals surface area contributed by atoms with Crippen molar-refractivity contribution in [3.63, 3.8) is 0 Å². The molecule has 1 atom stereocenters. The van der Waals surface area contributed by atoms with Crippen molar-refractivity contribution >= 4 is 16.7 Å². The van der Waals surface area contributed by atoms with E-state index in [2.05, 4.69) is 6.58 Å². The molecule has 0 amide bonds. The quantitative estimate of drug-likeness (QED) is 0.254. The van der Waals surface area contributed by atoms with Crippen molar-refractivity contribution in [2.24, 2.45) is 0 Å². The second-order valence-electron chi connectivity index (χ2n) is 7.89. The molecule has 0 spiro atoms. The second kappa shape index (κ2) is 8.40. The largest absolute Gasteiger partial charge is 0.428 e. The third-order valence-electron chi connectivity index (χ3n) is 4.98. The molecule has 0 aromatic heterocycles. The number of hydrogen-bond donors (Lipinski definition) is 1. The van der Waals surface area contributed by atoms with Crippen LogP contribution in [0.3, 0.4) is 0 Å². The molecule has 1 N–H and O–H groups in total. The molecule has 1 unspecified atom stereocenters. The van der Waals surface area contributed by atoms with Crippen LogP contribution < -0.4 is 4.74 Å². The average Bonchev–Trinajstić information content (AvgIpc) is 2.64. The van der Waals surface area contributed by atoms with Crippen molar-refractivity contribution in [3.8, 4) is 5.75 Å². The van der Waals surface area contributed by atoms with Gasteiger partial charge in [-0.15, -0.1) is 0 Å². The van der Waals surface area contributed by atoms with Crippen LogP contribution in [0.25, 0.3) is 10.8 Å². The molecule has 0 aliphatic heterocycles. The van der Waals surface area contributed by atoms with Gasteiger partial charge in [0, 0.05) is 5.57 Å². The van der Waals surface area contributed by atoms with E-state index in [1.54, 1.807) is 6.07 Å². The molecule has 0 bridgehead atoms. The zero-order valence-corrected chi connectivity index (χ0v) is 17.7. The van der Waals surface area contributed by atoms with E-state index in [1.807, 2.05) is 0 Å². The maximum atomic E-state index is 13.2. The monoisotopic (exact) mass is 464 g/mol. The Morgan fingerprint density at radius 2 is 1.59 bits per heavy atom. The molecule has 32 heavy (non-hydrogen) atoms. The van der Waals surface area contributed by atoms with Crippen LogP contribution >= 0.6 is 0 Å². The molecule has 0 aliphatic rings. The van der Waals surface area contributed by atoms with E-state index in [0.29, 0.717) is 17.7 Å². The minimum atomic E-state index is -6.01. The Hall–Kier alpha value is -2.59. The van der Waals surface area contributed by atoms with Gasteiger partial charge in [-0.3, -0.25) is 0 Å². The first-order chi connectivity index (χ1) is 14.4. The highest BCUT2D eigenvalue weighted by Gasteiger charge is 2.74. The SMILES string of the molecule is C=C(C)C(=O)Oc1ccc2c(C(C)(C)OC(C)C(O)(C(F)(F)F)C(F)(F)F)cccc2c1. The molecule has 2 aromatic carbocycles. The van der Waals surface area contributed by atoms with Gasteiger partial charge in [0.2, 0.25) is 0 Å². The van der Waals surface area contributed by atoms with Crippen molar-refractivity contribution in [1.82, 2.24) is 0 Å². The minimum absolute atomic E-state index is 0.171. The van der Waals surface area contributed by atoms with Crippen LogP contribution in [0.1, 0.15) is 33.3 Å². The lowest BCUT2D eigenvalue weighted by atomic mass is 9.90. The summed E-state index contributed by atoms with van der Waals surface area (Å²) in [5.41, 5.74) is -6.29. The van der Waals surface area contributed by atoms with Crippen LogP contribution in [0.15, 0.2) is 48.6 Å². The van der Waals surface area contributed by atoms with E-state index in [-0.39, 0.29) is 16.9 Å². The van der Waals surface area contributed by atoms with E-state index in [1.165, 1.54) is 51.1 Å². The van der Waals surface area contributed by atoms with Gasteiger partial charge < -0.3 is 14.6 Å². The Bertz CT molecular complexity index is 1010. The first-order valence-corrected chi connectivity index (χ1v) is 9.36. The van der Waals surface area contributed by atoms with E-state index in [0.717, 1.165) is 0 Å². The number of benzene rings is 2. The molecule has 2 rings (SSSR count). The number of esters is 1. The van der Waals surface area contributed by atoms with Gasteiger partial charge in [0.25, 0.3) is 5.60 Å². The molecule has 0 fully saturated rings. The standard InChI is InChI=1S/C22H22F6O4/c1-12(2)18(29)31-15-9-10-16-14(11-15)7-6-8-17(16)19(4,5)32-13(3)20(30,21(23,24)25)22(26,27)28/h6-11,13,30H,1H2,2-5H3. The van der Waals surface area contributed by atoms with Gasteiger partial charge in [-0.05, 0) is 56.2 Å². The van der Waals surface area contributed by atoms with Crippen molar-refractivity contribution in [2.75, 3.05) is 0 Å². The summed E-state index contributed by atoms with van der Waals surface area (Å²) < 4.78 is 89.5. The number of carbonyl (C=O) groups excluding carboxylic acids is 1. The van der Waals surface area contributed by atoms with Gasteiger partial charge in [0.1, 0.15) is 11.9 Å². The fourth-order valence-electron chi connectivity index (χ4n) is 3.26. The van der Waals surface area contributed by atoms with Gasteiger partial charge in [-0.25, -0.2) is 4.79 Å². The van der Waals surface area contributed by atoms with Gasteiger partial charge >= 0.3 is 18.3 Å². The summed E-state index contributed by atoms with van der Waals surface area (Å²) >= 11 is 0. The molecule has 0 saturated heterocycles. The number of aliphatic hydroxyl groups is 1. The number of hydrogen-bond acceptors (Lipinski definition) is 4. The maximum absolute atomic E-state index is 13.2. The first kappa shape index (κ1) is 25.7. The number of carbonyl (C=O) groups is 1. The molecule has 176 valence electrons. The van der Waals surface area contributed by atoms with Crippen molar-refractivity contribution in [2.45, 2.75) is 57.4 Å². The van der Waals surface area contributed by atoms with Gasteiger partial charge in [-0.2, -0.15) is 26.3 Å². The third-order valence-corrected chi connectivity index (χ3v) is 4.98. The highest BCUT2D eigenvalue weighted by molar-refractivity contribution is 5.91. The predicted octanol–water partition coefficient (Wildman–Crippen LogP) is 5.82.